The van der Waals surface area contributed by atoms with Gasteiger partial charge in [-0.3, -0.25) is 9.36 Å². The summed E-state index contributed by atoms with van der Waals surface area (Å²) in [6.45, 7) is 1.62. The van der Waals surface area contributed by atoms with E-state index in [0.29, 0.717) is 0 Å². The smallest absolute Gasteiger partial charge is 0.408 e. The molecule has 0 bridgehead atoms. The summed E-state index contributed by atoms with van der Waals surface area (Å²) < 4.78 is 26.9. The molecule has 0 spiro atoms. The monoisotopic (exact) mass is 329 g/mol. The van der Waals surface area contributed by atoms with Gasteiger partial charge in [-0.1, -0.05) is 37.3 Å². The van der Waals surface area contributed by atoms with Crippen LogP contribution in [0.3, 0.4) is 0 Å². The van der Waals surface area contributed by atoms with Crippen molar-refractivity contribution in [2.24, 2.45) is 0 Å². The van der Waals surface area contributed by atoms with Gasteiger partial charge in [0.05, 0.1) is 0 Å². The Morgan fingerprint density at radius 3 is 2.27 bits per heavy atom. The van der Waals surface area contributed by atoms with Gasteiger partial charge in [0.1, 0.15) is 6.61 Å². The first-order valence-corrected chi connectivity index (χ1v) is 8.29. The molecule has 1 aromatic carbocycles. The zero-order chi connectivity index (χ0) is 16.6. The van der Waals surface area contributed by atoms with Crippen molar-refractivity contribution < 1.29 is 27.9 Å². The molecule has 22 heavy (non-hydrogen) atoms. The minimum atomic E-state index is -3.77. The Labute approximate surface area is 129 Å². The van der Waals surface area contributed by atoms with Gasteiger partial charge in [-0.25, -0.2) is 4.79 Å². The molecule has 0 radical (unpaired) electrons. The average molecular weight is 329 g/mol. The Hall–Kier alpha value is -1.69. The molecule has 0 aliphatic carbocycles. The number of amides is 1. The van der Waals surface area contributed by atoms with Crippen molar-refractivity contribution in [2.45, 2.75) is 25.7 Å². The molecule has 1 aromatic rings. The van der Waals surface area contributed by atoms with Gasteiger partial charge in [-0.15, -0.1) is 0 Å². The number of carbonyl (C=O) groups is 2. The van der Waals surface area contributed by atoms with E-state index in [1.165, 1.54) is 0 Å². The summed E-state index contributed by atoms with van der Waals surface area (Å²) in [5.41, 5.74) is 0.790. The number of carbonyl (C=O) groups excluding carboxylic acids is 2. The van der Waals surface area contributed by atoms with Crippen molar-refractivity contribution in [1.82, 2.24) is 5.32 Å². The molecular weight excluding hydrogens is 309 g/mol. The summed E-state index contributed by atoms with van der Waals surface area (Å²) in [5.74, 6) is -1.86. The highest BCUT2D eigenvalue weighted by Crippen LogP contribution is 2.51. The number of hydrogen-bond donors (Lipinski definition) is 1. The molecule has 0 saturated carbocycles. The third-order valence-corrected chi connectivity index (χ3v) is 5.01. The van der Waals surface area contributed by atoms with Gasteiger partial charge in [0, 0.05) is 20.6 Å². The fraction of sp³-hybridized carbons (Fsp3) is 0.429. The SMILES string of the molecule is CCC(=O)C(NC(=O)OCc1ccccc1)P(=O)(OC)OC. The maximum absolute atomic E-state index is 12.3. The summed E-state index contributed by atoms with van der Waals surface area (Å²) in [6.07, 6.45) is -0.801. The number of alkyl carbamates (subject to hydrolysis) is 1. The quantitative estimate of drug-likeness (QED) is 0.737. The number of hydrogen-bond acceptors (Lipinski definition) is 6. The molecule has 1 unspecified atom stereocenters. The molecule has 0 aromatic heterocycles. The predicted molar refractivity (Wildman–Crippen MR) is 80.5 cm³/mol. The van der Waals surface area contributed by atoms with E-state index in [1.807, 2.05) is 18.2 Å². The van der Waals surface area contributed by atoms with E-state index in [1.54, 1.807) is 19.1 Å². The lowest BCUT2D eigenvalue weighted by Crippen LogP contribution is -2.41. The van der Waals surface area contributed by atoms with Crippen molar-refractivity contribution in [2.75, 3.05) is 14.2 Å². The van der Waals surface area contributed by atoms with E-state index in [2.05, 4.69) is 5.32 Å². The van der Waals surface area contributed by atoms with Gasteiger partial charge in [-0.05, 0) is 5.56 Å². The number of rotatable bonds is 8. The van der Waals surface area contributed by atoms with Gasteiger partial charge >= 0.3 is 13.7 Å². The van der Waals surface area contributed by atoms with Crippen LogP contribution < -0.4 is 5.32 Å². The number of nitrogens with one attached hydrogen (secondary N) is 1. The number of ether oxygens (including phenoxy) is 1. The second-order valence-electron chi connectivity index (χ2n) is 4.33. The van der Waals surface area contributed by atoms with Crippen molar-refractivity contribution in [3.63, 3.8) is 0 Å². The van der Waals surface area contributed by atoms with Gasteiger partial charge in [0.2, 0.25) is 0 Å². The van der Waals surface area contributed by atoms with E-state index in [0.717, 1.165) is 19.8 Å². The van der Waals surface area contributed by atoms with Crippen LogP contribution in [0, 0.1) is 0 Å². The molecule has 1 atom stereocenters. The highest BCUT2D eigenvalue weighted by molar-refractivity contribution is 7.55. The maximum atomic E-state index is 12.3. The molecule has 1 N–H and O–H groups in total. The highest BCUT2D eigenvalue weighted by atomic mass is 31.2. The highest BCUT2D eigenvalue weighted by Gasteiger charge is 2.40. The maximum Gasteiger partial charge on any atom is 0.408 e. The molecule has 0 heterocycles. The van der Waals surface area contributed by atoms with Gasteiger partial charge in [-0.2, -0.15) is 0 Å². The van der Waals surface area contributed by atoms with Gasteiger partial charge in [0.15, 0.2) is 11.6 Å². The molecule has 0 aliphatic heterocycles. The Morgan fingerprint density at radius 2 is 1.77 bits per heavy atom. The first kappa shape index (κ1) is 18.4. The lowest BCUT2D eigenvalue weighted by molar-refractivity contribution is -0.119. The summed E-state index contributed by atoms with van der Waals surface area (Å²) in [4.78, 5) is 23.7. The first-order chi connectivity index (χ1) is 10.5. The van der Waals surface area contributed by atoms with Crippen LogP contribution in [0.5, 0.6) is 0 Å². The van der Waals surface area contributed by atoms with Gasteiger partial charge < -0.3 is 19.1 Å². The summed E-state index contributed by atoms with van der Waals surface area (Å²) in [6, 6.07) is 9.04. The molecule has 7 nitrogen and oxygen atoms in total. The van der Waals surface area contributed by atoms with Crippen LogP contribution in [-0.2, 0) is 29.8 Å². The molecule has 0 aliphatic rings. The number of Topliss-reactive ketones (excluding diaryl/α,β-unsaturated/α-hetero) is 1. The third kappa shape index (κ3) is 4.94. The minimum Gasteiger partial charge on any atom is -0.445 e. The lowest BCUT2D eigenvalue weighted by Gasteiger charge is -2.23. The second kappa shape index (κ2) is 8.68. The van der Waals surface area contributed by atoms with Crippen molar-refractivity contribution in [3.8, 4) is 0 Å². The Morgan fingerprint density at radius 1 is 1.18 bits per heavy atom. The summed E-state index contributed by atoms with van der Waals surface area (Å²) in [7, 11) is -1.47. The fourth-order valence-electron chi connectivity index (χ4n) is 1.69. The molecule has 1 rings (SSSR count). The standard InChI is InChI=1S/C14H20NO6P/c1-4-12(16)13(22(18,19-2)20-3)15-14(17)21-10-11-8-6-5-7-9-11/h5-9,13H,4,10H2,1-3H3,(H,15,17). The molecule has 8 heteroatoms. The van der Waals surface area contributed by atoms with Crippen LogP contribution in [0.2, 0.25) is 0 Å². The summed E-state index contributed by atoms with van der Waals surface area (Å²) >= 11 is 0. The largest absolute Gasteiger partial charge is 0.445 e. The number of ketones is 1. The predicted octanol–water partition coefficient (Wildman–Crippen LogP) is 2.70. The van der Waals surface area contributed by atoms with Crippen molar-refractivity contribution in [1.29, 1.82) is 0 Å². The Bertz CT molecular complexity index is 540. The van der Waals surface area contributed by atoms with E-state index in [4.69, 9.17) is 13.8 Å². The van der Waals surface area contributed by atoms with Gasteiger partial charge in [0.25, 0.3) is 0 Å². The molecular formula is C14H20NO6P. The summed E-state index contributed by atoms with van der Waals surface area (Å²) in [5, 5.41) is 2.26. The minimum absolute atomic E-state index is 0.0317. The van der Waals surface area contributed by atoms with Crippen LogP contribution >= 0.6 is 7.60 Å². The van der Waals surface area contributed by atoms with E-state index in [9.17, 15) is 14.2 Å². The van der Waals surface area contributed by atoms with Crippen LogP contribution in [0.15, 0.2) is 30.3 Å². The number of benzene rings is 1. The van der Waals surface area contributed by atoms with Crippen LogP contribution in [0.4, 0.5) is 4.79 Å². The zero-order valence-corrected chi connectivity index (χ0v) is 13.7. The van der Waals surface area contributed by atoms with Crippen LogP contribution in [0.1, 0.15) is 18.9 Å². The Kier molecular flexibility index (Phi) is 7.24. The topological polar surface area (TPSA) is 90.9 Å². The zero-order valence-electron chi connectivity index (χ0n) is 12.8. The molecule has 0 saturated heterocycles. The third-order valence-electron chi connectivity index (χ3n) is 2.95. The van der Waals surface area contributed by atoms with Crippen LogP contribution in [0.25, 0.3) is 0 Å². The van der Waals surface area contributed by atoms with E-state index < -0.39 is 25.3 Å². The van der Waals surface area contributed by atoms with Crippen molar-refractivity contribution >= 4 is 19.5 Å². The molecule has 1 amide bonds. The lowest BCUT2D eigenvalue weighted by atomic mass is 10.2. The van der Waals surface area contributed by atoms with Crippen molar-refractivity contribution in [3.05, 3.63) is 35.9 Å². The Balaban J connectivity index is 2.71. The van der Waals surface area contributed by atoms with E-state index in [-0.39, 0.29) is 13.0 Å². The van der Waals surface area contributed by atoms with Crippen LogP contribution in [-0.4, -0.2) is 31.9 Å². The normalized spacial score (nSPS) is 12.5. The molecule has 122 valence electrons. The fourth-order valence-corrected chi connectivity index (χ4v) is 3.06. The average Bonchev–Trinajstić information content (AvgIpc) is 2.57. The molecule has 0 fully saturated rings. The van der Waals surface area contributed by atoms with E-state index >= 15 is 0 Å². The second-order valence-corrected chi connectivity index (χ2v) is 6.66. The first-order valence-electron chi connectivity index (χ1n) is 6.68.